The Labute approximate surface area is 173 Å². The van der Waals surface area contributed by atoms with Crippen molar-refractivity contribution in [2.75, 3.05) is 13.2 Å². The summed E-state index contributed by atoms with van der Waals surface area (Å²) < 4.78 is 5.11. The van der Waals surface area contributed by atoms with E-state index >= 15 is 0 Å². The van der Waals surface area contributed by atoms with Crippen molar-refractivity contribution < 1.29 is 14.3 Å². The molecule has 0 aromatic carbocycles. The van der Waals surface area contributed by atoms with Crippen LogP contribution in [0.1, 0.15) is 117 Å². The molecule has 0 aromatic rings. The monoisotopic (exact) mass is 395 g/mol. The second kappa shape index (κ2) is 20.4. The number of ether oxygens (including phenoxy) is 1. The van der Waals surface area contributed by atoms with Crippen molar-refractivity contribution in [2.24, 2.45) is 0 Å². The molecule has 4 heteroatoms. The zero-order valence-electron chi connectivity index (χ0n) is 18.7. The Morgan fingerprint density at radius 3 is 1.61 bits per heavy atom. The van der Waals surface area contributed by atoms with E-state index in [4.69, 9.17) is 4.74 Å². The molecule has 0 rings (SSSR count). The molecule has 28 heavy (non-hydrogen) atoms. The molecular formula is C24H45NO3. The number of esters is 1. The lowest BCUT2D eigenvalue weighted by atomic mass is 10.0. The summed E-state index contributed by atoms with van der Waals surface area (Å²) in [7, 11) is 0. The molecule has 0 atom stereocenters. The quantitative estimate of drug-likeness (QED) is 0.146. The molecule has 0 aliphatic rings. The number of carbonyl (C=O) groups is 2. The van der Waals surface area contributed by atoms with E-state index in [2.05, 4.69) is 18.8 Å². The van der Waals surface area contributed by atoms with Crippen LogP contribution in [0.3, 0.4) is 0 Å². The van der Waals surface area contributed by atoms with E-state index < -0.39 is 0 Å². The lowest BCUT2D eigenvalue weighted by Crippen LogP contribution is -2.28. The Kier molecular flexibility index (Phi) is 19.5. The van der Waals surface area contributed by atoms with Crippen LogP contribution in [0.25, 0.3) is 0 Å². The Balaban J connectivity index is 3.21. The number of unbranched alkanes of at least 4 members (excludes halogenated alkanes) is 14. The summed E-state index contributed by atoms with van der Waals surface area (Å²) in [6.07, 6.45) is 20.2. The minimum Gasteiger partial charge on any atom is -0.464 e. The van der Waals surface area contributed by atoms with Gasteiger partial charge in [0.15, 0.2) is 0 Å². The highest BCUT2D eigenvalue weighted by atomic mass is 16.5. The van der Waals surface area contributed by atoms with E-state index in [1.165, 1.54) is 83.5 Å². The van der Waals surface area contributed by atoms with Gasteiger partial charge in [0.2, 0.25) is 5.91 Å². The highest BCUT2D eigenvalue weighted by Crippen LogP contribution is 2.13. The van der Waals surface area contributed by atoms with Crippen molar-refractivity contribution in [3.05, 3.63) is 12.2 Å². The summed E-state index contributed by atoms with van der Waals surface area (Å²) in [6, 6.07) is 0. The maximum atomic E-state index is 11.6. The van der Waals surface area contributed by atoms with E-state index in [1.54, 1.807) is 6.92 Å². The van der Waals surface area contributed by atoms with Crippen LogP contribution < -0.4 is 5.32 Å². The van der Waals surface area contributed by atoms with E-state index in [9.17, 15) is 9.59 Å². The smallest absolute Gasteiger partial charge is 0.305 e. The third-order valence-corrected chi connectivity index (χ3v) is 5.02. The first kappa shape index (κ1) is 26.7. The highest BCUT2D eigenvalue weighted by Gasteiger charge is 2.04. The molecule has 0 aromatic heterocycles. The third kappa shape index (κ3) is 19.4. The van der Waals surface area contributed by atoms with Crippen LogP contribution >= 0.6 is 0 Å². The fraction of sp³-hybridized carbons (Fsp3) is 0.833. The average Bonchev–Trinajstić information content (AvgIpc) is 2.68. The topological polar surface area (TPSA) is 55.4 Å². The minimum atomic E-state index is -0.196. The molecule has 0 aliphatic carbocycles. The second-order valence-electron chi connectivity index (χ2n) is 7.96. The first-order valence-corrected chi connectivity index (χ1v) is 11.7. The zero-order chi connectivity index (χ0) is 20.9. The van der Waals surface area contributed by atoms with Gasteiger partial charge >= 0.3 is 5.97 Å². The lowest BCUT2D eigenvalue weighted by Gasteiger charge is -2.06. The average molecular weight is 396 g/mol. The van der Waals surface area contributed by atoms with Crippen molar-refractivity contribution in [1.29, 1.82) is 0 Å². The summed E-state index contributed by atoms with van der Waals surface area (Å²) in [5, 5.41) is 2.64. The van der Waals surface area contributed by atoms with Crippen molar-refractivity contribution in [3.8, 4) is 0 Å². The molecule has 0 unspecified atom stereocenters. The van der Waals surface area contributed by atoms with Crippen molar-refractivity contribution >= 4 is 11.9 Å². The Hall–Kier alpha value is -1.32. The molecular weight excluding hydrogens is 350 g/mol. The van der Waals surface area contributed by atoms with E-state index in [-0.39, 0.29) is 18.5 Å². The maximum Gasteiger partial charge on any atom is 0.305 e. The first-order valence-electron chi connectivity index (χ1n) is 11.7. The highest BCUT2D eigenvalue weighted by molar-refractivity contribution is 5.92. The molecule has 0 saturated heterocycles. The normalized spacial score (nSPS) is 10.6. The summed E-state index contributed by atoms with van der Waals surface area (Å²) in [4.78, 5) is 22.9. The van der Waals surface area contributed by atoms with Crippen LogP contribution in [0.5, 0.6) is 0 Å². The summed E-state index contributed by atoms with van der Waals surface area (Å²) in [6.45, 7) is 8.05. The van der Waals surface area contributed by atoms with E-state index in [0.29, 0.717) is 18.5 Å². The second-order valence-corrected chi connectivity index (χ2v) is 7.96. The van der Waals surface area contributed by atoms with Crippen LogP contribution in [-0.4, -0.2) is 25.0 Å². The van der Waals surface area contributed by atoms with Gasteiger partial charge in [-0.2, -0.15) is 0 Å². The molecule has 0 radical (unpaired) electrons. The molecule has 0 bridgehead atoms. The van der Waals surface area contributed by atoms with Crippen molar-refractivity contribution in [2.45, 2.75) is 117 Å². The molecule has 0 fully saturated rings. The molecule has 4 nitrogen and oxygen atoms in total. The van der Waals surface area contributed by atoms with Gasteiger partial charge in [0.1, 0.15) is 6.61 Å². The third-order valence-electron chi connectivity index (χ3n) is 5.02. The molecule has 1 amide bonds. The minimum absolute atomic E-state index is 0.167. The van der Waals surface area contributed by atoms with Crippen LogP contribution in [0, 0.1) is 0 Å². The largest absolute Gasteiger partial charge is 0.464 e. The molecule has 164 valence electrons. The fourth-order valence-corrected chi connectivity index (χ4v) is 3.19. The number of hydrogen-bond donors (Lipinski definition) is 1. The zero-order valence-corrected chi connectivity index (χ0v) is 18.7. The first-order chi connectivity index (χ1) is 13.6. The van der Waals surface area contributed by atoms with Crippen molar-refractivity contribution in [1.82, 2.24) is 5.32 Å². The molecule has 1 N–H and O–H groups in total. The lowest BCUT2D eigenvalue weighted by molar-refractivity contribution is -0.144. The van der Waals surface area contributed by atoms with Gasteiger partial charge in [-0.25, -0.2) is 0 Å². The van der Waals surface area contributed by atoms with Crippen molar-refractivity contribution in [3.63, 3.8) is 0 Å². The molecule has 0 heterocycles. The van der Waals surface area contributed by atoms with Gasteiger partial charge in [0.25, 0.3) is 0 Å². The molecule has 0 saturated carbocycles. The Bertz CT molecular complexity index is 407. The van der Waals surface area contributed by atoms with Gasteiger partial charge in [-0.15, -0.1) is 0 Å². The predicted molar refractivity (Wildman–Crippen MR) is 118 cm³/mol. The van der Waals surface area contributed by atoms with Gasteiger partial charge < -0.3 is 10.1 Å². The number of hydrogen-bond acceptors (Lipinski definition) is 3. The van der Waals surface area contributed by atoms with E-state index in [1.807, 2.05) is 0 Å². The number of rotatable bonds is 20. The van der Waals surface area contributed by atoms with Gasteiger partial charge in [0.05, 0.1) is 6.54 Å². The Morgan fingerprint density at radius 2 is 1.18 bits per heavy atom. The SMILES string of the molecule is C=C(C)C(=O)NCCOC(=O)CCCCCCCCCCCCCCCCC. The van der Waals surface area contributed by atoms with E-state index in [0.717, 1.165) is 12.8 Å². The maximum absolute atomic E-state index is 11.6. The number of nitrogens with one attached hydrogen (secondary N) is 1. The van der Waals surface area contributed by atoms with Gasteiger partial charge in [0, 0.05) is 12.0 Å². The molecule has 0 aliphatic heterocycles. The standard InChI is InChI=1S/C24H45NO3/c1-4-5-6-7-8-9-10-11-12-13-14-15-16-17-18-19-23(26)28-21-20-25-24(27)22(2)3/h2,4-21H2,1,3H3,(H,25,27). The fourth-order valence-electron chi connectivity index (χ4n) is 3.19. The van der Waals surface area contributed by atoms with Gasteiger partial charge in [-0.1, -0.05) is 103 Å². The molecule has 0 spiro atoms. The Morgan fingerprint density at radius 1 is 0.750 bits per heavy atom. The van der Waals surface area contributed by atoms with Gasteiger partial charge in [-0.05, 0) is 13.3 Å². The van der Waals surface area contributed by atoms with Crippen LogP contribution in [0.2, 0.25) is 0 Å². The van der Waals surface area contributed by atoms with Gasteiger partial charge in [-0.3, -0.25) is 9.59 Å². The summed E-state index contributed by atoms with van der Waals surface area (Å²) in [5.74, 6) is -0.363. The van der Waals surface area contributed by atoms with Crippen LogP contribution in [0.4, 0.5) is 0 Å². The number of amides is 1. The summed E-state index contributed by atoms with van der Waals surface area (Å²) in [5.41, 5.74) is 0.462. The predicted octanol–water partition coefficient (Wildman–Crippen LogP) is 6.48. The van der Waals surface area contributed by atoms with Crippen LogP contribution in [0.15, 0.2) is 12.2 Å². The summed E-state index contributed by atoms with van der Waals surface area (Å²) >= 11 is 0. The number of carbonyl (C=O) groups excluding carboxylic acids is 2. The van der Waals surface area contributed by atoms with Crippen LogP contribution in [-0.2, 0) is 14.3 Å².